The third kappa shape index (κ3) is 5.47. The van der Waals surface area contributed by atoms with Gasteiger partial charge in [-0.1, -0.05) is 69.3 Å². The van der Waals surface area contributed by atoms with Crippen LogP contribution in [-0.4, -0.2) is 32.1 Å². The van der Waals surface area contributed by atoms with E-state index in [1.807, 2.05) is 51.1 Å². The molecule has 0 aliphatic heterocycles. The van der Waals surface area contributed by atoms with E-state index in [-0.39, 0.29) is 23.3 Å². The number of carbonyl (C=O) groups excluding carboxylic acids is 1. The second kappa shape index (κ2) is 10.2. The van der Waals surface area contributed by atoms with E-state index < -0.39 is 27.5 Å². The Kier molecular flexibility index (Phi) is 8.18. The van der Waals surface area contributed by atoms with Gasteiger partial charge in [-0.25, -0.2) is 13.1 Å². The van der Waals surface area contributed by atoms with Gasteiger partial charge in [0.1, 0.15) is 0 Å². The topological polar surface area (TPSA) is 95.5 Å². The number of carbonyl (C=O) groups is 1. The van der Waals surface area contributed by atoms with Crippen LogP contribution in [0, 0.1) is 11.3 Å². The van der Waals surface area contributed by atoms with Crippen LogP contribution in [0.2, 0.25) is 0 Å². The van der Waals surface area contributed by atoms with E-state index in [2.05, 4.69) is 10.0 Å². The number of hydrogen-bond acceptors (Lipinski definition) is 4. The molecular weight excluding hydrogens is 400 g/mol. The van der Waals surface area contributed by atoms with E-state index in [0.29, 0.717) is 12.0 Å². The fourth-order valence-corrected chi connectivity index (χ4v) is 4.64. The number of aliphatic hydroxyl groups is 1. The molecule has 0 saturated heterocycles. The van der Waals surface area contributed by atoms with Crippen molar-refractivity contribution in [3.8, 4) is 0 Å². The predicted molar refractivity (Wildman–Crippen MR) is 118 cm³/mol. The normalized spacial score (nSPS) is 15.9. The second-order valence-electron chi connectivity index (χ2n) is 8.06. The summed E-state index contributed by atoms with van der Waals surface area (Å²) in [7, 11) is -3.86. The van der Waals surface area contributed by atoms with Gasteiger partial charge in [0, 0.05) is 0 Å². The van der Waals surface area contributed by atoms with Crippen molar-refractivity contribution in [3.05, 3.63) is 66.2 Å². The Balaban J connectivity index is 2.48. The van der Waals surface area contributed by atoms with Crippen molar-refractivity contribution in [1.82, 2.24) is 10.0 Å². The Morgan fingerprint density at radius 1 is 1.03 bits per heavy atom. The monoisotopic (exact) mass is 432 g/mol. The highest BCUT2D eigenvalue weighted by molar-refractivity contribution is 7.89. The number of sulfonamides is 1. The molecule has 30 heavy (non-hydrogen) atoms. The number of nitrogens with one attached hydrogen (secondary N) is 2. The molecule has 6 nitrogen and oxygen atoms in total. The molecule has 0 aliphatic carbocycles. The third-order valence-corrected chi connectivity index (χ3v) is 7.11. The molecule has 0 heterocycles. The minimum Gasteiger partial charge on any atom is -0.394 e. The molecule has 0 spiro atoms. The molecule has 164 valence electrons. The van der Waals surface area contributed by atoms with Crippen LogP contribution in [0.25, 0.3) is 0 Å². The van der Waals surface area contributed by atoms with Gasteiger partial charge in [0.25, 0.3) is 0 Å². The molecule has 0 fully saturated rings. The molecule has 0 aromatic heterocycles. The summed E-state index contributed by atoms with van der Waals surface area (Å²) < 4.78 is 29.0. The zero-order valence-corrected chi connectivity index (χ0v) is 18.8. The average molecular weight is 433 g/mol. The van der Waals surface area contributed by atoms with Crippen LogP contribution in [0.3, 0.4) is 0 Å². The van der Waals surface area contributed by atoms with E-state index in [1.165, 1.54) is 12.1 Å². The van der Waals surface area contributed by atoms with Gasteiger partial charge in [0.2, 0.25) is 15.9 Å². The zero-order valence-electron chi connectivity index (χ0n) is 18.0. The maximum absolute atomic E-state index is 13.3. The Hall–Kier alpha value is -2.22. The molecule has 3 N–H and O–H groups in total. The summed E-state index contributed by atoms with van der Waals surface area (Å²) in [4.78, 5) is 13.5. The molecule has 0 aliphatic rings. The van der Waals surface area contributed by atoms with Crippen molar-refractivity contribution < 1.29 is 18.3 Å². The average Bonchev–Trinajstić information content (AvgIpc) is 2.76. The van der Waals surface area contributed by atoms with E-state index >= 15 is 0 Å². The highest BCUT2D eigenvalue weighted by atomic mass is 32.2. The van der Waals surface area contributed by atoms with Gasteiger partial charge < -0.3 is 10.4 Å². The summed E-state index contributed by atoms with van der Waals surface area (Å²) in [5.74, 6) is -0.265. The lowest BCUT2D eigenvalue weighted by Crippen LogP contribution is -2.52. The molecule has 0 radical (unpaired) electrons. The molecule has 2 aromatic carbocycles. The van der Waals surface area contributed by atoms with Crippen molar-refractivity contribution in [2.24, 2.45) is 11.3 Å². The summed E-state index contributed by atoms with van der Waals surface area (Å²) in [6.07, 6.45) is 0.395. The first-order chi connectivity index (χ1) is 14.2. The number of rotatable bonds is 10. The van der Waals surface area contributed by atoms with Crippen LogP contribution in [0.4, 0.5) is 0 Å². The van der Waals surface area contributed by atoms with Crippen LogP contribution >= 0.6 is 0 Å². The standard InChI is InChI=1S/C23H32N2O4S/c1-5-23(4,22(27)24-20(16-26)17(2)3)21(18-12-8-6-9-13-18)25-30(28,29)19-14-10-7-11-15-19/h6-15,17,20-21,25-26H,5,16H2,1-4H3,(H,24,27)/t20-,21+,23+/m1/s1. The SMILES string of the molecule is CC[C@](C)(C(=O)N[C@H](CO)C(C)C)[C@@H](NS(=O)(=O)c1ccccc1)c1ccccc1. The number of aliphatic hydroxyl groups excluding tert-OH is 1. The van der Waals surface area contributed by atoms with Gasteiger partial charge in [-0.2, -0.15) is 0 Å². The van der Waals surface area contributed by atoms with Crippen molar-refractivity contribution in [2.75, 3.05) is 6.61 Å². The first-order valence-electron chi connectivity index (χ1n) is 10.2. The van der Waals surface area contributed by atoms with Crippen molar-refractivity contribution >= 4 is 15.9 Å². The lowest BCUT2D eigenvalue weighted by molar-refractivity contribution is -0.133. The first kappa shape index (κ1) is 24.1. The Labute approximate surface area is 179 Å². The Bertz CT molecular complexity index is 917. The zero-order chi connectivity index (χ0) is 22.4. The molecule has 0 saturated carbocycles. The van der Waals surface area contributed by atoms with Gasteiger partial charge in [-0.15, -0.1) is 0 Å². The second-order valence-corrected chi connectivity index (χ2v) is 9.77. The van der Waals surface area contributed by atoms with Crippen LogP contribution < -0.4 is 10.0 Å². The number of benzene rings is 2. The number of hydrogen-bond donors (Lipinski definition) is 3. The van der Waals surface area contributed by atoms with Crippen molar-refractivity contribution in [2.45, 2.75) is 51.1 Å². The molecule has 7 heteroatoms. The van der Waals surface area contributed by atoms with E-state index in [1.54, 1.807) is 25.1 Å². The Morgan fingerprint density at radius 3 is 2.03 bits per heavy atom. The van der Waals surface area contributed by atoms with Crippen molar-refractivity contribution in [3.63, 3.8) is 0 Å². The molecule has 0 bridgehead atoms. The highest BCUT2D eigenvalue weighted by Crippen LogP contribution is 2.38. The van der Waals surface area contributed by atoms with Gasteiger partial charge in [0.15, 0.2) is 0 Å². The lowest BCUT2D eigenvalue weighted by Gasteiger charge is -2.38. The number of amides is 1. The van der Waals surface area contributed by atoms with Crippen LogP contribution in [0.15, 0.2) is 65.6 Å². The molecule has 2 aromatic rings. The largest absolute Gasteiger partial charge is 0.394 e. The summed E-state index contributed by atoms with van der Waals surface area (Å²) in [6.45, 7) is 7.25. The summed E-state index contributed by atoms with van der Waals surface area (Å²) in [5, 5.41) is 12.6. The summed E-state index contributed by atoms with van der Waals surface area (Å²) in [5.41, 5.74) is -0.382. The summed E-state index contributed by atoms with van der Waals surface area (Å²) in [6, 6.07) is 16.0. The fraction of sp³-hybridized carbons (Fsp3) is 0.435. The minimum absolute atomic E-state index is 0.0382. The molecule has 1 amide bonds. The summed E-state index contributed by atoms with van der Waals surface area (Å²) >= 11 is 0. The third-order valence-electron chi connectivity index (χ3n) is 5.67. The maximum Gasteiger partial charge on any atom is 0.241 e. The molecule has 2 rings (SSSR count). The van der Waals surface area contributed by atoms with Crippen LogP contribution in [-0.2, 0) is 14.8 Å². The van der Waals surface area contributed by atoms with E-state index in [4.69, 9.17) is 0 Å². The van der Waals surface area contributed by atoms with Crippen LogP contribution in [0.5, 0.6) is 0 Å². The molecular formula is C23H32N2O4S. The minimum atomic E-state index is -3.86. The maximum atomic E-state index is 13.3. The van der Waals surface area contributed by atoms with Crippen LogP contribution in [0.1, 0.15) is 45.7 Å². The quantitative estimate of drug-likeness (QED) is 0.537. The molecule has 3 atom stereocenters. The highest BCUT2D eigenvalue weighted by Gasteiger charge is 2.43. The Morgan fingerprint density at radius 2 is 1.57 bits per heavy atom. The first-order valence-corrected chi connectivity index (χ1v) is 11.7. The molecule has 0 unspecified atom stereocenters. The van der Waals surface area contributed by atoms with Gasteiger partial charge >= 0.3 is 0 Å². The van der Waals surface area contributed by atoms with Gasteiger partial charge in [-0.3, -0.25) is 4.79 Å². The predicted octanol–water partition coefficient (Wildman–Crippen LogP) is 3.26. The van der Waals surface area contributed by atoms with E-state index in [9.17, 15) is 18.3 Å². The fourth-order valence-electron chi connectivity index (χ4n) is 3.29. The smallest absolute Gasteiger partial charge is 0.241 e. The van der Waals surface area contributed by atoms with E-state index in [0.717, 1.165) is 0 Å². The van der Waals surface area contributed by atoms with Gasteiger partial charge in [0.05, 0.1) is 29.0 Å². The van der Waals surface area contributed by atoms with Crippen molar-refractivity contribution in [1.29, 1.82) is 0 Å². The van der Waals surface area contributed by atoms with Gasteiger partial charge in [-0.05, 0) is 37.0 Å². The lowest BCUT2D eigenvalue weighted by atomic mass is 9.76.